The van der Waals surface area contributed by atoms with E-state index in [2.05, 4.69) is 18.7 Å². The van der Waals surface area contributed by atoms with Crippen molar-refractivity contribution in [2.45, 2.75) is 38.3 Å². The summed E-state index contributed by atoms with van der Waals surface area (Å²) in [7, 11) is 0. The monoisotopic (exact) mass is 276 g/mol. The largest absolute Gasteiger partial charge is 0.480 e. The highest BCUT2D eigenvalue weighted by Crippen LogP contribution is 2.31. The van der Waals surface area contributed by atoms with E-state index in [0.29, 0.717) is 24.1 Å². The molecule has 1 atom stereocenters. The average molecular weight is 276 g/mol. The molecule has 0 amide bonds. The minimum absolute atomic E-state index is 0.293. The van der Waals surface area contributed by atoms with Gasteiger partial charge in [0.2, 0.25) is 0 Å². The fraction of sp³-hybridized carbons (Fsp3) is 0.562. The van der Waals surface area contributed by atoms with Gasteiger partial charge in [0, 0.05) is 19.1 Å². The molecule has 110 valence electrons. The number of carbonyl (C=O) groups is 1. The molecule has 2 rings (SSSR count). The summed E-state index contributed by atoms with van der Waals surface area (Å²) < 4.78 is 0. The van der Waals surface area contributed by atoms with E-state index in [4.69, 9.17) is 5.73 Å². The minimum Gasteiger partial charge on any atom is -0.480 e. The van der Waals surface area contributed by atoms with E-state index in [1.165, 1.54) is 12.8 Å². The standard InChI is InChI=1S/C16H24N2O2/c1-12(2)18(10-13-8-9-13)11-16(17,15(19)20)14-6-4-3-5-7-14/h3-7,12-13H,8-11,17H2,1-2H3,(H,19,20). The van der Waals surface area contributed by atoms with Gasteiger partial charge in [0.15, 0.2) is 5.54 Å². The van der Waals surface area contributed by atoms with Gasteiger partial charge in [-0.05, 0) is 38.2 Å². The molecule has 0 saturated heterocycles. The highest BCUT2D eigenvalue weighted by Gasteiger charge is 2.39. The van der Waals surface area contributed by atoms with Crippen LogP contribution in [-0.4, -0.2) is 35.1 Å². The zero-order valence-electron chi connectivity index (χ0n) is 12.2. The molecule has 4 nitrogen and oxygen atoms in total. The van der Waals surface area contributed by atoms with Crippen LogP contribution in [0.25, 0.3) is 0 Å². The predicted molar refractivity (Wildman–Crippen MR) is 79.4 cm³/mol. The molecule has 1 aliphatic carbocycles. The Bertz CT molecular complexity index is 457. The van der Waals surface area contributed by atoms with Crippen LogP contribution in [0, 0.1) is 5.92 Å². The van der Waals surface area contributed by atoms with Crippen LogP contribution in [0.3, 0.4) is 0 Å². The normalized spacial score (nSPS) is 18.2. The second-order valence-corrected chi connectivity index (χ2v) is 6.11. The lowest BCUT2D eigenvalue weighted by atomic mass is 9.90. The van der Waals surface area contributed by atoms with Gasteiger partial charge in [-0.1, -0.05) is 30.3 Å². The number of nitrogens with two attached hydrogens (primary N) is 1. The van der Waals surface area contributed by atoms with Gasteiger partial charge in [-0.3, -0.25) is 4.90 Å². The maximum atomic E-state index is 11.7. The molecular formula is C16H24N2O2. The van der Waals surface area contributed by atoms with E-state index in [1.54, 1.807) is 12.1 Å². The number of nitrogens with zero attached hydrogens (tertiary/aromatic N) is 1. The molecular weight excluding hydrogens is 252 g/mol. The van der Waals surface area contributed by atoms with E-state index in [9.17, 15) is 9.90 Å². The van der Waals surface area contributed by atoms with Gasteiger partial charge in [-0.2, -0.15) is 0 Å². The van der Waals surface area contributed by atoms with Crippen LogP contribution in [0.15, 0.2) is 30.3 Å². The Morgan fingerprint density at radius 1 is 1.40 bits per heavy atom. The first kappa shape index (κ1) is 15.0. The Morgan fingerprint density at radius 2 is 2.00 bits per heavy atom. The molecule has 1 saturated carbocycles. The topological polar surface area (TPSA) is 66.6 Å². The van der Waals surface area contributed by atoms with Gasteiger partial charge < -0.3 is 10.8 Å². The fourth-order valence-corrected chi connectivity index (χ4v) is 2.43. The molecule has 0 bridgehead atoms. The van der Waals surface area contributed by atoms with Gasteiger partial charge in [-0.25, -0.2) is 4.79 Å². The number of hydrogen-bond donors (Lipinski definition) is 2. The molecule has 1 aromatic carbocycles. The average Bonchev–Trinajstić information content (AvgIpc) is 3.22. The van der Waals surface area contributed by atoms with E-state index < -0.39 is 11.5 Å². The molecule has 0 heterocycles. The van der Waals surface area contributed by atoms with E-state index >= 15 is 0 Å². The number of hydrogen-bond acceptors (Lipinski definition) is 3. The Kier molecular flexibility index (Phi) is 4.45. The van der Waals surface area contributed by atoms with Crippen LogP contribution in [0.2, 0.25) is 0 Å². The predicted octanol–water partition coefficient (Wildman–Crippen LogP) is 2.05. The lowest BCUT2D eigenvalue weighted by molar-refractivity contribution is -0.144. The third kappa shape index (κ3) is 3.38. The number of carboxylic acid groups (broad SMARTS) is 1. The number of rotatable bonds is 7. The highest BCUT2D eigenvalue weighted by atomic mass is 16.4. The van der Waals surface area contributed by atoms with Crippen molar-refractivity contribution in [3.8, 4) is 0 Å². The summed E-state index contributed by atoms with van der Waals surface area (Å²) in [5.74, 6) is -0.253. The van der Waals surface area contributed by atoms with Crippen molar-refractivity contribution in [1.29, 1.82) is 0 Å². The summed E-state index contributed by atoms with van der Waals surface area (Å²) in [6.45, 7) is 5.47. The fourth-order valence-electron chi connectivity index (χ4n) is 2.43. The molecule has 1 unspecified atom stereocenters. The lowest BCUT2D eigenvalue weighted by Gasteiger charge is -2.35. The van der Waals surface area contributed by atoms with Gasteiger partial charge >= 0.3 is 5.97 Å². The number of aliphatic carboxylic acids is 1. The minimum atomic E-state index is -1.35. The van der Waals surface area contributed by atoms with Crippen molar-refractivity contribution in [3.05, 3.63) is 35.9 Å². The van der Waals surface area contributed by atoms with Crippen molar-refractivity contribution < 1.29 is 9.90 Å². The molecule has 20 heavy (non-hydrogen) atoms. The molecule has 0 aliphatic heterocycles. The van der Waals surface area contributed by atoms with Crippen molar-refractivity contribution >= 4 is 5.97 Å². The molecule has 4 heteroatoms. The van der Waals surface area contributed by atoms with Crippen molar-refractivity contribution in [3.63, 3.8) is 0 Å². The van der Waals surface area contributed by atoms with Crippen molar-refractivity contribution in [2.75, 3.05) is 13.1 Å². The van der Waals surface area contributed by atoms with Crippen molar-refractivity contribution in [2.24, 2.45) is 11.7 Å². The summed E-state index contributed by atoms with van der Waals surface area (Å²) in [6.07, 6.45) is 2.50. The molecule has 3 N–H and O–H groups in total. The Morgan fingerprint density at radius 3 is 2.45 bits per heavy atom. The Labute approximate surface area is 120 Å². The molecule has 0 aromatic heterocycles. The van der Waals surface area contributed by atoms with Crippen LogP contribution in [-0.2, 0) is 10.3 Å². The molecule has 1 aromatic rings. The van der Waals surface area contributed by atoms with E-state index in [0.717, 1.165) is 6.54 Å². The Balaban J connectivity index is 2.20. The quantitative estimate of drug-likeness (QED) is 0.800. The first-order valence-corrected chi connectivity index (χ1v) is 7.25. The van der Waals surface area contributed by atoms with Crippen LogP contribution < -0.4 is 5.73 Å². The van der Waals surface area contributed by atoms with Crippen LogP contribution in [0.5, 0.6) is 0 Å². The number of carboxylic acids is 1. The van der Waals surface area contributed by atoms with Crippen LogP contribution in [0.4, 0.5) is 0 Å². The number of benzene rings is 1. The SMILES string of the molecule is CC(C)N(CC1CC1)CC(N)(C(=O)O)c1ccccc1. The van der Waals surface area contributed by atoms with E-state index in [-0.39, 0.29) is 0 Å². The molecule has 1 aliphatic rings. The smallest absolute Gasteiger partial charge is 0.329 e. The third-order valence-corrected chi connectivity index (χ3v) is 4.04. The molecule has 0 radical (unpaired) electrons. The summed E-state index contributed by atoms with van der Waals surface area (Å²) in [6, 6.07) is 9.42. The molecule has 1 fully saturated rings. The van der Waals surface area contributed by atoms with Gasteiger partial charge in [0.1, 0.15) is 0 Å². The van der Waals surface area contributed by atoms with Gasteiger partial charge in [-0.15, -0.1) is 0 Å². The molecule has 0 spiro atoms. The summed E-state index contributed by atoms with van der Waals surface area (Å²) in [5.41, 5.74) is 5.57. The third-order valence-electron chi connectivity index (χ3n) is 4.04. The highest BCUT2D eigenvalue weighted by molar-refractivity contribution is 5.80. The zero-order chi connectivity index (χ0) is 14.8. The first-order chi connectivity index (χ1) is 9.43. The van der Waals surface area contributed by atoms with Crippen LogP contribution in [0.1, 0.15) is 32.3 Å². The lowest BCUT2D eigenvalue weighted by Crippen LogP contribution is -2.55. The first-order valence-electron chi connectivity index (χ1n) is 7.25. The van der Waals surface area contributed by atoms with Crippen molar-refractivity contribution in [1.82, 2.24) is 4.90 Å². The Hall–Kier alpha value is -1.39. The van der Waals surface area contributed by atoms with Gasteiger partial charge in [0.05, 0.1) is 0 Å². The summed E-state index contributed by atoms with van der Waals surface area (Å²) in [5, 5.41) is 9.61. The van der Waals surface area contributed by atoms with E-state index in [1.807, 2.05) is 18.2 Å². The second kappa shape index (κ2) is 5.94. The summed E-state index contributed by atoms with van der Waals surface area (Å²) in [4.78, 5) is 13.9. The zero-order valence-corrected chi connectivity index (χ0v) is 12.2. The maximum Gasteiger partial charge on any atom is 0.329 e. The van der Waals surface area contributed by atoms with Crippen LogP contribution >= 0.6 is 0 Å². The van der Waals surface area contributed by atoms with Gasteiger partial charge in [0.25, 0.3) is 0 Å². The maximum absolute atomic E-state index is 11.7. The second-order valence-electron chi connectivity index (χ2n) is 6.11. The summed E-state index contributed by atoms with van der Waals surface area (Å²) >= 11 is 0.